The van der Waals surface area contributed by atoms with Crippen molar-refractivity contribution in [3.8, 4) is 0 Å². The first-order valence-electron chi connectivity index (χ1n) is 5.40. The highest BCUT2D eigenvalue weighted by molar-refractivity contribution is 6.18. The van der Waals surface area contributed by atoms with Gasteiger partial charge in [-0.3, -0.25) is 19.4 Å². The molecule has 1 rings (SSSR count). The van der Waals surface area contributed by atoms with Gasteiger partial charge >= 0.3 is 11.9 Å². The molecule has 1 atom stereocenters. The van der Waals surface area contributed by atoms with Gasteiger partial charge in [0.1, 0.15) is 12.6 Å². The third kappa shape index (κ3) is 4.70. The summed E-state index contributed by atoms with van der Waals surface area (Å²) in [4.78, 5) is 47.6. The minimum atomic E-state index is -1.34. The number of carbonyl (C=O) groups excluding carboxylic acids is 2. The zero-order valence-electron chi connectivity index (χ0n) is 9.83. The van der Waals surface area contributed by atoms with Crippen LogP contribution in [0, 0.1) is 0 Å². The maximum absolute atomic E-state index is 11.7. The Hall–Kier alpha value is -2.51. The van der Waals surface area contributed by atoms with Crippen molar-refractivity contribution in [2.75, 3.05) is 6.54 Å². The summed E-state index contributed by atoms with van der Waals surface area (Å²) in [5.41, 5.74) is -0.0437. The second-order valence-electron chi connectivity index (χ2n) is 3.83. The number of aliphatic carboxylic acids is 2. The Morgan fingerprint density at radius 3 is 2.58 bits per heavy atom. The van der Waals surface area contributed by atoms with Crippen LogP contribution in [0.15, 0.2) is 16.6 Å². The van der Waals surface area contributed by atoms with Gasteiger partial charge in [0.25, 0.3) is 5.91 Å². The highest BCUT2D eigenvalue weighted by Crippen LogP contribution is 2.03. The Balaban J connectivity index is 2.66. The summed E-state index contributed by atoms with van der Waals surface area (Å²) in [5.74, 6) is -3.62. The molecule has 8 nitrogen and oxygen atoms in total. The number of carboxylic acid groups (broad SMARTS) is 2. The van der Waals surface area contributed by atoms with Crippen LogP contribution in [-0.4, -0.2) is 52.6 Å². The van der Waals surface area contributed by atoms with Gasteiger partial charge in [0, 0.05) is 12.6 Å². The molecule has 3 N–H and O–H groups in total. The van der Waals surface area contributed by atoms with Crippen LogP contribution in [0.4, 0.5) is 0 Å². The standard InChI is InChI=1S/C11H12N2O6/c14-7-3-6(4-12-5-7)10(17)13-8(11(18)19)1-2-9(15)16/h3-4,8H,1-2,5H2,(H,13,17)(H,15,16)(H,18,19)/t8-/m0/s1. The summed E-state index contributed by atoms with van der Waals surface area (Å²) in [7, 11) is 0. The lowest BCUT2D eigenvalue weighted by molar-refractivity contribution is -0.142. The summed E-state index contributed by atoms with van der Waals surface area (Å²) >= 11 is 0. The Morgan fingerprint density at radius 1 is 1.37 bits per heavy atom. The van der Waals surface area contributed by atoms with Gasteiger partial charge in [-0.15, -0.1) is 0 Å². The molecule has 0 aromatic heterocycles. The molecule has 0 radical (unpaired) electrons. The van der Waals surface area contributed by atoms with E-state index in [4.69, 9.17) is 10.2 Å². The van der Waals surface area contributed by atoms with Crippen LogP contribution in [0.3, 0.4) is 0 Å². The van der Waals surface area contributed by atoms with E-state index in [1.165, 1.54) is 6.21 Å². The summed E-state index contributed by atoms with van der Waals surface area (Å²) in [6.07, 6.45) is 1.61. The smallest absolute Gasteiger partial charge is 0.326 e. The molecule has 0 bridgehead atoms. The van der Waals surface area contributed by atoms with E-state index in [1.807, 2.05) is 0 Å². The molecular formula is C11H12N2O6. The van der Waals surface area contributed by atoms with Crippen molar-refractivity contribution < 1.29 is 29.4 Å². The van der Waals surface area contributed by atoms with Crippen molar-refractivity contribution >= 4 is 29.8 Å². The van der Waals surface area contributed by atoms with E-state index in [-0.39, 0.29) is 30.7 Å². The number of hydrogen-bond acceptors (Lipinski definition) is 5. The molecule has 0 saturated heterocycles. The van der Waals surface area contributed by atoms with Gasteiger partial charge in [-0.2, -0.15) is 0 Å². The van der Waals surface area contributed by atoms with Crippen molar-refractivity contribution in [2.24, 2.45) is 4.99 Å². The van der Waals surface area contributed by atoms with E-state index in [0.29, 0.717) is 0 Å². The SMILES string of the molecule is O=C(O)CC[C@H](NC(=O)C1=CC(=O)CN=C1)C(=O)O. The molecule has 0 spiro atoms. The Bertz CT molecular complexity index is 480. The third-order valence-corrected chi connectivity index (χ3v) is 2.31. The lowest BCUT2D eigenvalue weighted by Crippen LogP contribution is -2.42. The maximum atomic E-state index is 11.7. The van der Waals surface area contributed by atoms with E-state index in [2.05, 4.69) is 10.3 Å². The number of carboxylic acids is 2. The molecule has 0 unspecified atom stereocenters. The highest BCUT2D eigenvalue weighted by Gasteiger charge is 2.23. The van der Waals surface area contributed by atoms with Crippen LogP contribution < -0.4 is 5.32 Å². The van der Waals surface area contributed by atoms with E-state index >= 15 is 0 Å². The Labute approximate surface area is 107 Å². The van der Waals surface area contributed by atoms with Crippen molar-refractivity contribution in [1.29, 1.82) is 0 Å². The molecule has 0 fully saturated rings. The van der Waals surface area contributed by atoms with Crippen molar-refractivity contribution in [1.82, 2.24) is 5.32 Å². The number of nitrogens with zero attached hydrogens (tertiary/aromatic N) is 1. The molecule has 0 aromatic carbocycles. The van der Waals surface area contributed by atoms with Crippen molar-refractivity contribution in [3.63, 3.8) is 0 Å². The van der Waals surface area contributed by atoms with Gasteiger partial charge in [0.05, 0.1) is 5.57 Å². The molecule has 1 amide bonds. The summed E-state index contributed by atoms with van der Waals surface area (Å²) < 4.78 is 0. The molecule has 102 valence electrons. The second kappa shape index (κ2) is 6.43. The number of hydrogen-bond donors (Lipinski definition) is 3. The van der Waals surface area contributed by atoms with Crippen LogP contribution in [0.25, 0.3) is 0 Å². The van der Waals surface area contributed by atoms with Gasteiger partial charge in [0.2, 0.25) is 0 Å². The van der Waals surface area contributed by atoms with Crippen LogP contribution in [-0.2, 0) is 19.2 Å². The number of ketones is 1. The maximum Gasteiger partial charge on any atom is 0.326 e. The lowest BCUT2D eigenvalue weighted by Gasteiger charge is -2.14. The van der Waals surface area contributed by atoms with Crippen LogP contribution >= 0.6 is 0 Å². The normalized spacial score (nSPS) is 15.6. The third-order valence-electron chi connectivity index (χ3n) is 2.31. The Kier molecular flexibility index (Phi) is 4.92. The minimum Gasteiger partial charge on any atom is -0.481 e. The quantitative estimate of drug-likeness (QED) is 0.565. The zero-order valence-corrected chi connectivity index (χ0v) is 9.83. The monoisotopic (exact) mass is 268 g/mol. The van der Waals surface area contributed by atoms with Crippen LogP contribution in [0.5, 0.6) is 0 Å². The first-order valence-corrected chi connectivity index (χ1v) is 5.40. The number of amides is 1. The molecular weight excluding hydrogens is 256 g/mol. The summed E-state index contributed by atoms with van der Waals surface area (Å²) in [6, 6.07) is -1.32. The number of rotatable bonds is 6. The van der Waals surface area contributed by atoms with Crippen LogP contribution in [0.1, 0.15) is 12.8 Å². The number of nitrogens with one attached hydrogen (secondary N) is 1. The fraction of sp³-hybridized carbons (Fsp3) is 0.364. The predicted octanol–water partition coefficient (Wildman–Crippen LogP) is -0.999. The molecule has 0 saturated carbocycles. The highest BCUT2D eigenvalue weighted by atomic mass is 16.4. The zero-order chi connectivity index (χ0) is 14.4. The average molecular weight is 268 g/mol. The Morgan fingerprint density at radius 2 is 2.05 bits per heavy atom. The fourth-order valence-corrected chi connectivity index (χ4v) is 1.38. The minimum absolute atomic E-state index is 0.0435. The largest absolute Gasteiger partial charge is 0.481 e. The molecule has 1 aliphatic rings. The van der Waals surface area contributed by atoms with E-state index in [1.54, 1.807) is 0 Å². The molecule has 1 heterocycles. The molecule has 8 heteroatoms. The van der Waals surface area contributed by atoms with Crippen molar-refractivity contribution in [2.45, 2.75) is 18.9 Å². The van der Waals surface area contributed by atoms with Gasteiger partial charge in [-0.25, -0.2) is 4.79 Å². The van der Waals surface area contributed by atoms with Gasteiger partial charge in [-0.1, -0.05) is 0 Å². The van der Waals surface area contributed by atoms with E-state index < -0.39 is 23.9 Å². The predicted molar refractivity (Wildman–Crippen MR) is 62.9 cm³/mol. The first kappa shape index (κ1) is 14.6. The van der Waals surface area contributed by atoms with Gasteiger partial charge < -0.3 is 15.5 Å². The molecule has 19 heavy (non-hydrogen) atoms. The van der Waals surface area contributed by atoms with E-state index in [9.17, 15) is 19.2 Å². The number of dihydropyridines is 1. The number of aliphatic imine (C=N–C) groups is 1. The fourth-order valence-electron chi connectivity index (χ4n) is 1.38. The van der Waals surface area contributed by atoms with Gasteiger partial charge in [-0.05, 0) is 12.5 Å². The second-order valence-corrected chi connectivity index (χ2v) is 3.83. The first-order chi connectivity index (χ1) is 8.90. The summed E-state index contributed by atoms with van der Waals surface area (Å²) in [6.45, 7) is -0.0435. The van der Waals surface area contributed by atoms with Crippen LogP contribution in [0.2, 0.25) is 0 Å². The molecule has 1 aliphatic heterocycles. The molecule has 0 aromatic rings. The van der Waals surface area contributed by atoms with E-state index in [0.717, 1.165) is 6.08 Å². The summed E-state index contributed by atoms with van der Waals surface area (Å²) in [5, 5.41) is 19.5. The van der Waals surface area contributed by atoms with Gasteiger partial charge in [0.15, 0.2) is 5.78 Å². The number of carbonyl (C=O) groups is 4. The molecule has 0 aliphatic carbocycles. The topological polar surface area (TPSA) is 133 Å². The van der Waals surface area contributed by atoms with Crippen molar-refractivity contribution in [3.05, 3.63) is 11.6 Å². The lowest BCUT2D eigenvalue weighted by atomic mass is 10.1. The average Bonchev–Trinajstić information content (AvgIpc) is 2.33.